The Kier molecular flexibility index (Phi) is 8.90. The molecule has 192 valence electrons. The second-order valence-corrected chi connectivity index (χ2v) is 10.7. The average molecular weight is 491 g/mol. The molecule has 5 N–H and O–H groups in total. The fraction of sp³-hybridized carbons (Fsp3) is 0.367. The minimum atomic E-state index is -0.792. The number of aliphatic hydroxyl groups excluding tert-OH is 2. The van der Waals surface area contributed by atoms with Gasteiger partial charge in [-0.2, -0.15) is 0 Å². The molecule has 0 unspecified atom stereocenters. The summed E-state index contributed by atoms with van der Waals surface area (Å²) >= 11 is 0. The van der Waals surface area contributed by atoms with E-state index >= 15 is 0 Å². The highest BCUT2D eigenvalue weighted by molar-refractivity contribution is 5.94. The van der Waals surface area contributed by atoms with Crippen molar-refractivity contribution in [3.05, 3.63) is 101 Å². The Morgan fingerprint density at radius 1 is 0.861 bits per heavy atom. The number of carbonyl (C=O) groups is 1. The molecule has 3 aromatic carbocycles. The van der Waals surface area contributed by atoms with Crippen LogP contribution in [-0.2, 0) is 19.4 Å². The molecular weight excluding hydrogens is 452 g/mol. The molecule has 0 aliphatic heterocycles. The quantitative estimate of drug-likeness (QED) is 0.276. The van der Waals surface area contributed by atoms with Gasteiger partial charge >= 0.3 is 0 Å². The normalized spacial score (nSPS) is 12.8. The summed E-state index contributed by atoms with van der Waals surface area (Å²) < 4.78 is 0. The first-order valence-electron chi connectivity index (χ1n) is 12.3. The highest BCUT2D eigenvalue weighted by Gasteiger charge is 2.23. The van der Waals surface area contributed by atoms with E-state index in [4.69, 9.17) is 0 Å². The molecule has 0 saturated heterocycles. The lowest BCUT2D eigenvalue weighted by Crippen LogP contribution is -2.45. The molecule has 1 amide bonds. The Bertz CT molecular complexity index is 1160. The number of rotatable bonds is 11. The molecule has 36 heavy (non-hydrogen) atoms. The first-order valence-corrected chi connectivity index (χ1v) is 12.3. The second kappa shape index (κ2) is 11.7. The van der Waals surface area contributed by atoms with Crippen molar-refractivity contribution in [3.8, 4) is 5.75 Å². The number of aliphatic hydroxyl groups is 2. The van der Waals surface area contributed by atoms with Gasteiger partial charge in [0, 0.05) is 28.7 Å². The van der Waals surface area contributed by atoms with E-state index in [-0.39, 0.29) is 23.8 Å². The highest BCUT2D eigenvalue weighted by Crippen LogP contribution is 2.23. The summed E-state index contributed by atoms with van der Waals surface area (Å²) in [4.78, 5) is 13.0. The zero-order chi connectivity index (χ0) is 26.3. The number of aromatic hydroxyl groups is 1. The van der Waals surface area contributed by atoms with E-state index in [0.29, 0.717) is 29.7 Å². The van der Waals surface area contributed by atoms with Gasteiger partial charge in [0.15, 0.2) is 0 Å². The van der Waals surface area contributed by atoms with Crippen LogP contribution >= 0.6 is 0 Å². The van der Waals surface area contributed by atoms with Crippen LogP contribution in [0.5, 0.6) is 5.75 Å². The smallest absolute Gasteiger partial charge is 0.251 e. The lowest BCUT2D eigenvalue weighted by Gasteiger charge is -2.29. The van der Waals surface area contributed by atoms with Crippen LogP contribution in [0, 0.1) is 0 Å². The number of carbonyl (C=O) groups excluding carboxylic acids is 1. The summed E-state index contributed by atoms with van der Waals surface area (Å²) in [5.41, 5.74) is 3.07. The Hall–Kier alpha value is -3.19. The summed E-state index contributed by atoms with van der Waals surface area (Å²) in [6.45, 7) is 8.15. The maximum Gasteiger partial charge on any atom is 0.251 e. The minimum Gasteiger partial charge on any atom is -0.508 e. The van der Waals surface area contributed by atoms with Gasteiger partial charge in [-0.25, -0.2) is 0 Å². The SMILES string of the molecule is CC(C)(Cc1cccc(C(=O)NC(C)(C)Cc2ccccc2)c1)NC[C@@H](O)c1ccc(O)c(CO)c1. The number of amides is 1. The van der Waals surface area contributed by atoms with Gasteiger partial charge in [-0.3, -0.25) is 4.79 Å². The van der Waals surface area contributed by atoms with Crippen LogP contribution in [0.25, 0.3) is 0 Å². The van der Waals surface area contributed by atoms with Gasteiger partial charge in [0.25, 0.3) is 5.91 Å². The van der Waals surface area contributed by atoms with E-state index in [1.165, 1.54) is 11.6 Å². The third-order valence-electron chi connectivity index (χ3n) is 6.21. The van der Waals surface area contributed by atoms with E-state index in [1.807, 2.05) is 70.2 Å². The molecule has 0 aliphatic rings. The van der Waals surface area contributed by atoms with E-state index in [2.05, 4.69) is 22.8 Å². The number of hydrogen-bond acceptors (Lipinski definition) is 5. The topological polar surface area (TPSA) is 102 Å². The van der Waals surface area contributed by atoms with Crippen molar-refractivity contribution in [2.75, 3.05) is 6.54 Å². The lowest BCUT2D eigenvalue weighted by atomic mass is 9.92. The Balaban J connectivity index is 1.60. The van der Waals surface area contributed by atoms with Gasteiger partial charge in [-0.05, 0) is 81.5 Å². The first-order chi connectivity index (χ1) is 17.0. The van der Waals surface area contributed by atoms with Crippen LogP contribution < -0.4 is 10.6 Å². The lowest BCUT2D eigenvalue weighted by molar-refractivity contribution is 0.0913. The van der Waals surface area contributed by atoms with Crippen LogP contribution in [0.2, 0.25) is 0 Å². The third-order valence-corrected chi connectivity index (χ3v) is 6.21. The summed E-state index contributed by atoms with van der Waals surface area (Å²) in [6, 6.07) is 22.5. The zero-order valence-corrected chi connectivity index (χ0v) is 21.6. The van der Waals surface area contributed by atoms with E-state index in [0.717, 1.165) is 12.0 Å². The van der Waals surface area contributed by atoms with Crippen LogP contribution in [0.3, 0.4) is 0 Å². The predicted molar refractivity (Wildman–Crippen MR) is 143 cm³/mol. The van der Waals surface area contributed by atoms with Gasteiger partial charge in [-0.15, -0.1) is 0 Å². The standard InChI is InChI=1S/C30H38N2O4/c1-29(2,31-19-27(35)23-13-14-26(34)25(16-23)20-33)18-22-11-8-12-24(15-22)28(36)32-30(3,4)17-21-9-6-5-7-10-21/h5-16,27,31,33-35H,17-20H2,1-4H3,(H,32,36)/t27-/m1/s1. The van der Waals surface area contributed by atoms with Gasteiger partial charge in [0.1, 0.15) is 5.75 Å². The van der Waals surface area contributed by atoms with Crippen molar-refractivity contribution in [2.24, 2.45) is 0 Å². The first kappa shape index (κ1) is 27.4. The Morgan fingerprint density at radius 3 is 2.22 bits per heavy atom. The average Bonchev–Trinajstić information content (AvgIpc) is 2.83. The Labute approximate surface area is 214 Å². The molecule has 6 nitrogen and oxygen atoms in total. The van der Waals surface area contributed by atoms with E-state index < -0.39 is 11.6 Å². The molecule has 3 rings (SSSR count). The van der Waals surface area contributed by atoms with Gasteiger partial charge in [-0.1, -0.05) is 48.5 Å². The highest BCUT2D eigenvalue weighted by atomic mass is 16.3. The van der Waals surface area contributed by atoms with Crippen molar-refractivity contribution < 1.29 is 20.1 Å². The molecule has 0 saturated carbocycles. The molecule has 0 fully saturated rings. The Morgan fingerprint density at radius 2 is 1.53 bits per heavy atom. The maximum absolute atomic E-state index is 13.0. The molecule has 6 heteroatoms. The number of benzene rings is 3. The number of nitrogens with one attached hydrogen (secondary N) is 2. The maximum atomic E-state index is 13.0. The molecule has 0 radical (unpaired) electrons. The van der Waals surface area contributed by atoms with E-state index in [9.17, 15) is 20.1 Å². The summed E-state index contributed by atoms with van der Waals surface area (Å²) in [5, 5.41) is 36.3. The van der Waals surface area contributed by atoms with Crippen LogP contribution in [0.1, 0.15) is 66.4 Å². The molecule has 0 aromatic heterocycles. The zero-order valence-electron chi connectivity index (χ0n) is 21.6. The van der Waals surface area contributed by atoms with Crippen molar-refractivity contribution in [1.82, 2.24) is 10.6 Å². The fourth-order valence-corrected chi connectivity index (χ4v) is 4.36. The summed E-state index contributed by atoms with van der Waals surface area (Å²) in [7, 11) is 0. The molecule has 0 bridgehead atoms. The predicted octanol–water partition coefficient (Wildman–Crippen LogP) is 4.28. The summed E-state index contributed by atoms with van der Waals surface area (Å²) in [5.74, 6) is -0.0971. The molecule has 1 atom stereocenters. The van der Waals surface area contributed by atoms with Crippen LogP contribution in [-0.4, -0.2) is 38.8 Å². The molecule has 0 heterocycles. The van der Waals surface area contributed by atoms with Crippen LogP contribution in [0.4, 0.5) is 0 Å². The number of β-amino-alcohol motifs (C(OH)–C–C–N with tert-alkyl or cyclic N) is 1. The minimum absolute atomic E-state index is 0.00844. The van der Waals surface area contributed by atoms with Crippen molar-refractivity contribution in [1.29, 1.82) is 0 Å². The van der Waals surface area contributed by atoms with Crippen molar-refractivity contribution >= 4 is 5.91 Å². The van der Waals surface area contributed by atoms with E-state index in [1.54, 1.807) is 12.1 Å². The third kappa shape index (κ3) is 7.92. The van der Waals surface area contributed by atoms with Crippen LogP contribution in [0.15, 0.2) is 72.8 Å². The second-order valence-electron chi connectivity index (χ2n) is 10.7. The van der Waals surface area contributed by atoms with Crippen molar-refractivity contribution in [2.45, 2.75) is 64.3 Å². The monoisotopic (exact) mass is 490 g/mol. The van der Waals surface area contributed by atoms with Gasteiger partial charge in [0.05, 0.1) is 12.7 Å². The molecular formula is C30H38N2O4. The molecule has 0 spiro atoms. The van der Waals surface area contributed by atoms with Gasteiger partial charge in [0.2, 0.25) is 0 Å². The van der Waals surface area contributed by atoms with Gasteiger partial charge < -0.3 is 26.0 Å². The number of hydrogen-bond donors (Lipinski definition) is 5. The van der Waals surface area contributed by atoms with Crippen molar-refractivity contribution in [3.63, 3.8) is 0 Å². The molecule has 3 aromatic rings. The molecule has 0 aliphatic carbocycles. The number of phenols is 1. The fourth-order valence-electron chi connectivity index (χ4n) is 4.36. The largest absolute Gasteiger partial charge is 0.508 e. The summed E-state index contributed by atoms with van der Waals surface area (Å²) in [6.07, 6.45) is 0.601.